The van der Waals surface area contributed by atoms with Crippen LogP contribution >= 0.6 is 0 Å². The molecule has 0 spiro atoms. The second-order valence-corrected chi connectivity index (χ2v) is 6.47. The van der Waals surface area contributed by atoms with Gasteiger partial charge in [-0.05, 0) is 41.5 Å². The number of hydrogen-bond donors (Lipinski definition) is 0. The molecule has 0 atom stereocenters. The fourth-order valence-corrected chi connectivity index (χ4v) is 3.48. The van der Waals surface area contributed by atoms with Crippen LogP contribution in [0.2, 0.25) is 0 Å². The minimum absolute atomic E-state index is 0. The maximum absolute atomic E-state index is 12.4. The Morgan fingerprint density at radius 2 is 1.55 bits per heavy atom. The number of nitrogens with zero attached hydrogens (tertiary/aromatic N) is 1. The van der Waals surface area contributed by atoms with Gasteiger partial charge in [-0.15, -0.1) is 13.2 Å². The first-order chi connectivity index (χ1) is 13.4. The summed E-state index contributed by atoms with van der Waals surface area (Å²) < 4.78 is 48.7. The highest BCUT2D eigenvalue weighted by Gasteiger charge is 2.31. The van der Waals surface area contributed by atoms with Gasteiger partial charge in [0.1, 0.15) is 12.8 Å². The van der Waals surface area contributed by atoms with Gasteiger partial charge in [0.15, 0.2) is 11.9 Å². The second kappa shape index (κ2) is 7.79. The van der Waals surface area contributed by atoms with Crippen molar-refractivity contribution in [3.8, 4) is 22.6 Å². The molecule has 0 aliphatic heterocycles. The number of rotatable bonds is 3. The summed E-state index contributed by atoms with van der Waals surface area (Å²) in [6.45, 7) is 0. The summed E-state index contributed by atoms with van der Waals surface area (Å²) in [4.78, 5) is 0. The Kier molecular flexibility index (Phi) is 5.57. The number of aryl methyl sites for hydroxylation is 1. The van der Waals surface area contributed by atoms with Gasteiger partial charge in [-0.1, -0.05) is 30.3 Å². The average molecular weight is 420 g/mol. The van der Waals surface area contributed by atoms with Crippen LogP contribution in [0.4, 0.5) is 13.2 Å². The molecule has 0 saturated heterocycles. The van der Waals surface area contributed by atoms with Crippen molar-refractivity contribution < 1.29 is 39.6 Å². The number of benzene rings is 3. The topological polar surface area (TPSA) is 22.3 Å². The number of ether oxygens (including phenoxy) is 2. The van der Waals surface area contributed by atoms with Crippen LogP contribution in [0.15, 0.2) is 66.9 Å². The Labute approximate surface area is 171 Å². The van der Waals surface area contributed by atoms with Gasteiger partial charge >= 0.3 is 6.36 Å². The lowest BCUT2D eigenvalue weighted by molar-refractivity contribution is -0.643. The number of pyridine rings is 1. The zero-order valence-electron chi connectivity index (χ0n) is 15.6. The third-order valence-electron chi connectivity index (χ3n) is 4.65. The third kappa shape index (κ3) is 4.07. The standard InChI is InChI=1S/C22H17F3NO2.ClH/c1-26-13-15-5-3-4-6-18(15)19-11-16(12-20(27-2)21(19)26)14-7-9-17(10-8-14)28-22(23,24)25;/h3-13H,1-2H3;1H/q+1;/p-1. The van der Waals surface area contributed by atoms with Crippen LogP contribution in [0.5, 0.6) is 11.5 Å². The number of fused-ring (bicyclic) bond motifs is 3. The van der Waals surface area contributed by atoms with Crippen molar-refractivity contribution >= 4 is 21.7 Å². The Balaban J connectivity index is 0.00000240. The minimum Gasteiger partial charge on any atom is -1.00 e. The van der Waals surface area contributed by atoms with E-state index in [9.17, 15) is 13.2 Å². The largest absolute Gasteiger partial charge is 1.00 e. The highest BCUT2D eigenvalue weighted by atomic mass is 35.5. The molecule has 3 nitrogen and oxygen atoms in total. The van der Waals surface area contributed by atoms with Gasteiger partial charge < -0.3 is 21.9 Å². The zero-order chi connectivity index (χ0) is 19.9. The lowest BCUT2D eigenvalue weighted by atomic mass is 9.99. The fraction of sp³-hybridized carbons (Fsp3) is 0.136. The van der Waals surface area contributed by atoms with Crippen LogP contribution in [0.25, 0.3) is 32.8 Å². The molecular weight excluding hydrogens is 403 g/mol. The van der Waals surface area contributed by atoms with Crippen molar-refractivity contribution in [3.63, 3.8) is 0 Å². The Morgan fingerprint density at radius 3 is 2.21 bits per heavy atom. The monoisotopic (exact) mass is 419 g/mol. The molecule has 0 radical (unpaired) electrons. The third-order valence-corrected chi connectivity index (χ3v) is 4.65. The first-order valence-electron chi connectivity index (χ1n) is 8.61. The zero-order valence-corrected chi connectivity index (χ0v) is 16.4. The molecule has 0 amide bonds. The highest BCUT2D eigenvalue weighted by molar-refractivity contribution is 6.07. The maximum atomic E-state index is 12.4. The fourth-order valence-electron chi connectivity index (χ4n) is 3.48. The highest BCUT2D eigenvalue weighted by Crippen LogP contribution is 2.35. The van der Waals surface area contributed by atoms with Gasteiger partial charge in [0.25, 0.3) is 5.52 Å². The molecule has 4 rings (SSSR count). The summed E-state index contributed by atoms with van der Waals surface area (Å²) in [5.41, 5.74) is 2.56. The minimum atomic E-state index is -4.71. The van der Waals surface area contributed by atoms with E-state index in [1.54, 1.807) is 19.2 Å². The lowest BCUT2D eigenvalue weighted by Gasteiger charge is -2.11. The number of halogens is 4. The Hall–Kier alpha value is -2.99. The lowest BCUT2D eigenvalue weighted by Crippen LogP contribution is -3.00. The molecule has 0 aliphatic rings. The first-order valence-corrected chi connectivity index (χ1v) is 8.61. The molecule has 29 heavy (non-hydrogen) atoms. The van der Waals surface area contributed by atoms with Crippen LogP contribution in [-0.4, -0.2) is 13.5 Å². The van der Waals surface area contributed by atoms with Gasteiger partial charge in [0.05, 0.1) is 12.5 Å². The molecule has 1 heterocycles. The quantitative estimate of drug-likeness (QED) is 0.376. The molecule has 0 bridgehead atoms. The summed E-state index contributed by atoms with van der Waals surface area (Å²) in [7, 11) is 3.56. The normalized spacial score (nSPS) is 11.3. The molecule has 0 N–H and O–H groups in total. The summed E-state index contributed by atoms with van der Waals surface area (Å²) in [5.74, 6) is 0.442. The van der Waals surface area contributed by atoms with Crippen molar-refractivity contribution in [2.45, 2.75) is 6.36 Å². The molecule has 0 unspecified atom stereocenters. The van der Waals surface area contributed by atoms with E-state index in [2.05, 4.69) is 4.74 Å². The SMILES string of the molecule is COc1cc(-c2ccc(OC(F)(F)F)cc2)cc2c3ccccc3c[n+](C)c12.[Cl-]. The van der Waals surface area contributed by atoms with E-state index in [0.29, 0.717) is 5.75 Å². The summed E-state index contributed by atoms with van der Waals surface area (Å²) >= 11 is 0. The summed E-state index contributed by atoms with van der Waals surface area (Å²) in [6, 6.07) is 17.8. The van der Waals surface area contributed by atoms with Crippen molar-refractivity contribution in [1.29, 1.82) is 0 Å². The molecule has 0 saturated carbocycles. The Bertz CT molecular complexity index is 1170. The average Bonchev–Trinajstić information content (AvgIpc) is 2.66. The van der Waals surface area contributed by atoms with E-state index in [-0.39, 0.29) is 18.2 Å². The molecule has 0 fully saturated rings. The van der Waals surface area contributed by atoms with E-state index in [4.69, 9.17) is 4.74 Å². The molecule has 150 valence electrons. The predicted molar refractivity (Wildman–Crippen MR) is 101 cm³/mol. The van der Waals surface area contributed by atoms with Crippen LogP contribution in [0, 0.1) is 0 Å². The van der Waals surface area contributed by atoms with E-state index < -0.39 is 6.36 Å². The van der Waals surface area contributed by atoms with Gasteiger partial charge in [-0.25, -0.2) is 0 Å². The van der Waals surface area contributed by atoms with E-state index >= 15 is 0 Å². The molecule has 1 aromatic heterocycles. The maximum Gasteiger partial charge on any atom is 0.573 e. The molecule has 3 aromatic carbocycles. The predicted octanol–water partition coefficient (Wildman–Crippen LogP) is 2.40. The second-order valence-electron chi connectivity index (χ2n) is 6.47. The molecular formula is C22H17ClF3NO2. The first kappa shape index (κ1) is 20.7. The summed E-state index contributed by atoms with van der Waals surface area (Å²) in [6.07, 6.45) is -2.66. The van der Waals surface area contributed by atoms with Crippen molar-refractivity contribution in [3.05, 3.63) is 66.9 Å². The van der Waals surface area contributed by atoms with Gasteiger partial charge in [-0.3, -0.25) is 0 Å². The van der Waals surface area contributed by atoms with Crippen LogP contribution in [0.3, 0.4) is 0 Å². The van der Waals surface area contributed by atoms with Crippen LogP contribution < -0.4 is 26.4 Å². The van der Waals surface area contributed by atoms with Crippen LogP contribution in [-0.2, 0) is 7.05 Å². The number of methoxy groups -OCH3 is 1. The van der Waals surface area contributed by atoms with Crippen molar-refractivity contribution in [1.82, 2.24) is 0 Å². The van der Waals surface area contributed by atoms with Crippen molar-refractivity contribution in [2.75, 3.05) is 7.11 Å². The van der Waals surface area contributed by atoms with Gasteiger partial charge in [0, 0.05) is 10.8 Å². The van der Waals surface area contributed by atoms with Gasteiger partial charge in [0.2, 0.25) is 0 Å². The number of hydrogen-bond acceptors (Lipinski definition) is 2. The Morgan fingerprint density at radius 1 is 0.862 bits per heavy atom. The van der Waals surface area contributed by atoms with Crippen LogP contribution in [0.1, 0.15) is 0 Å². The number of aromatic nitrogens is 1. The van der Waals surface area contributed by atoms with E-state index in [1.807, 2.05) is 54.2 Å². The summed E-state index contributed by atoms with van der Waals surface area (Å²) in [5, 5.41) is 3.17. The number of alkyl halides is 3. The smallest absolute Gasteiger partial charge is 0.573 e. The van der Waals surface area contributed by atoms with Crippen molar-refractivity contribution in [2.24, 2.45) is 7.05 Å². The van der Waals surface area contributed by atoms with E-state index in [0.717, 1.165) is 32.8 Å². The molecule has 0 aliphatic carbocycles. The molecule has 4 aromatic rings. The van der Waals surface area contributed by atoms with E-state index in [1.165, 1.54) is 12.1 Å². The molecule has 7 heteroatoms. The van der Waals surface area contributed by atoms with Gasteiger partial charge in [-0.2, -0.15) is 4.57 Å².